The molecule has 0 unspecified atom stereocenters. The highest BCUT2D eigenvalue weighted by Gasteiger charge is 2.22. The third-order valence-corrected chi connectivity index (χ3v) is 6.93. The monoisotopic (exact) mass is 505 g/mol. The summed E-state index contributed by atoms with van der Waals surface area (Å²) in [6.07, 6.45) is 0. The molecule has 0 aliphatic heterocycles. The van der Waals surface area contributed by atoms with Gasteiger partial charge in [0, 0.05) is 12.6 Å². The van der Waals surface area contributed by atoms with E-state index in [1.807, 2.05) is 31.2 Å². The average molecular weight is 507 g/mol. The fourth-order valence-electron chi connectivity index (χ4n) is 2.94. The Morgan fingerprint density at radius 1 is 1.06 bits per heavy atom. The van der Waals surface area contributed by atoms with E-state index < -0.39 is 5.82 Å². The second kappa shape index (κ2) is 9.51. The topological polar surface area (TPSA) is 39.9 Å². The minimum absolute atomic E-state index is 0.130. The smallest absolute Gasteiger partial charge is 0.186 e. The molecule has 2 aromatic heterocycles. The SMILES string of the molecule is CCOc1ccc(C#Cc2sc(-c3nc(-c4c(F)cccc4Cl)nn3C)c(Cl)c2Cl)cc1. The Kier molecular flexibility index (Phi) is 6.73. The maximum absolute atomic E-state index is 14.3. The molecule has 0 amide bonds. The van der Waals surface area contributed by atoms with Gasteiger partial charge in [-0.3, -0.25) is 0 Å². The first-order valence-electron chi connectivity index (χ1n) is 9.47. The molecule has 0 aliphatic rings. The normalized spacial score (nSPS) is 10.7. The van der Waals surface area contributed by atoms with Gasteiger partial charge in [-0.1, -0.05) is 46.8 Å². The molecule has 0 N–H and O–H groups in total. The summed E-state index contributed by atoms with van der Waals surface area (Å²) in [4.78, 5) is 5.64. The largest absolute Gasteiger partial charge is 0.494 e. The lowest BCUT2D eigenvalue weighted by Gasteiger charge is -2.01. The van der Waals surface area contributed by atoms with Crippen LogP contribution in [0, 0.1) is 17.7 Å². The summed E-state index contributed by atoms with van der Waals surface area (Å²) in [7, 11) is 1.69. The minimum atomic E-state index is -0.508. The van der Waals surface area contributed by atoms with Crippen molar-refractivity contribution in [2.24, 2.45) is 7.05 Å². The molecule has 0 bridgehead atoms. The molecule has 4 rings (SSSR count). The van der Waals surface area contributed by atoms with Crippen molar-refractivity contribution in [3.8, 4) is 39.7 Å². The van der Waals surface area contributed by atoms with Crippen molar-refractivity contribution >= 4 is 46.1 Å². The highest BCUT2D eigenvalue weighted by atomic mass is 35.5. The molecular weight excluding hydrogens is 492 g/mol. The van der Waals surface area contributed by atoms with Gasteiger partial charge in [0.05, 0.1) is 37.0 Å². The quantitative estimate of drug-likeness (QED) is 0.277. The number of rotatable bonds is 4. The molecule has 162 valence electrons. The van der Waals surface area contributed by atoms with Crippen molar-refractivity contribution in [1.29, 1.82) is 0 Å². The molecule has 0 fully saturated rings. The zero-order valence-corrected chi connectivity index (χ0v) is 20.0. The van der Waals surface area contributed by atoms with Crippen LogP contribution in [-0.4, -0.2) is 21.4 Å². The molecule has 9 heteroatoms. The zero-order valence-electron chi connectivity index (χ0n) is 16.9. The summed E-state index contributed by atoms with van der Waals surface area (Å²) in [6.45, 7) is 2.53. The van der Waals surface area contributed by atoms with E-state index in [4.69, 9.17) is 39.5 Å². The van der Waals surface area contributed by atoms with E-state index in [-0.39, 0.29) is 16.4 Å². The summed E-state index contributed by atoms with van der Waals surface area (Å²) < 4.78 is 21.3. The predicted molar refractivity (Wildman–Crippen MR) is 128 cm³/mol. The molecule has 0 atom stereocenters. The number of nitrogens with zero attached hydrogens (tertiary/aromatic N) is 3. The molecule has 0 radical (unpaired) electrons. The van der Waals surface area contributed by atoms with Crippen LogP contribution < -0.4 is 4.74 Å². The highest BCUT2D eigenvalue weighted by Crippen LogP contribution is 2.43. The lowest BCUT2D eigenvalue weighted by atomic mass is 10.2. The number of halogens is 4. The van der Waals surface area contributed by atoms with Crippen LogP contribution in [-0.2, 0) is 7.05 Å². The maximum atomic E-state index is 14.3. The van der Waals surface area contributed by atoms with Gasteiger partial charge in [-0.15, -0.1) is 11.3 Å². The van der Waals surface area contributed by atoms with Gasteiger partial charge in [-0.05, 0) is 49.2 Å². The molecular formula is C23H15Cl3FN3OS. The van der Waals surface area contributed by atoms with Crippen LogP contribution >= 0.6 is 46.1 Å². The number of hydrogen-bond donors (Lipinski definition) is 0. The standard InChI is InChI=1S/C23H15Cl3FN3OS/c1-3-31-14-10-7-13(8-11-14)9-12-17-19(25)20(26)21(32-17)23-28-22(29-30(23)2)18-15(24)5-4-6-16(18)27/h4-8,10-11H,3H2,1-2H3. The van der Waals surface area contributed by atoms with E-state index in [1.165, 1.54) is 28.2 Å². The van der Waals surface area contributed by atoms with Crippen molar-refractivity contribution < 1.29 is 9.13 Å². The van der Waals surface area contributed by atoms with E-state index in [0.717, 1.165) is 11.3 Å². The van der Waals surface area contributed by atoms with Crippen LogP contribution in [0.2, 0.25) is 15.1 Å². The predicted octanol–water partition coefficient (Wildman–Crippen LogP) is 7.11. The average Bonchev–Trinajstić information content (AvgIpc) is 3.27. The Labute approximate surface area is 203 Å². The molecule has 32 heavy (non-hydrogen) atoms. The molecule has 4 nitrogen and oxygen atoms in total. The van der Waals surface area contributed by atoms with Crippen LogP contribution in [0.1, 0.15) is 17.4 Å². The first-order valence-corrected chi connectivity index (χ1v) is 11.4. The van der Waals surface area contributed by atoms with Gasteiger partial charge in [0.2, 0.25) is 0 Å². The number of benzene rings is 2. The van der Waals surface area contributed by atoms with Crippen LogP contribution in [0.4, 0.5) is 4.39 Å². The molecule has 0 saturated carbocycles. The Balaban J connectivity index is 1.69. The lowest BCUT2D eigenvalue weighted by molar-refractivity contribution is 0.340. The van der Waals surface area contributed by atoms with Crippen LogP contribution in [0.3, 0.4) is 0 Å². The van der Waals surface area contributed by atoms with Gasteiger partial charge in [0.15, 0.2) is 11.6 Å². The number of hydrogen-bond acceptors (Lipinski definition) is 4. The van der Waals surface area contributed by atoms with Crippen LogP contribution in [0.25, 0.3) is 22.1 Å². The Morgan fingerprint density at radius 2 is 1.81 bits per heavy atom. The van der Waals surface area contributed by atoms with Crippen molar-refractivity contribution in [2.45, 2.75) is 6.92 Å². The summed E-state index contributed by atoms with van der Waals surface area (Å²) in [5.74, 6) is 7.01. The molecule has 2 aromatic carbocycles. The van der Waals surface area contributed by atoms with Gasteiger partial charge < -0.3 is 4.74 Å². The van der Waals surface area contributed by atoms with Crippen LogP contribution in [0.15, 0.2) is 42.5 Å². The summed E-state index contributed by atoms with van der Waals surface area (Å²) in [5, 5.41) is 5.18. The summed E-state index contributed by atoms with van der Waals surface area (Å²) in [6, 6.07) is 11.9. The molecule has 4 aromatic rings. The molecule has 0 aliphatic carbocycles. The third kappa shape index (κ3) is 4.48. The van der Waals surface area contributed by atoms with E-state index in [9.17, 15) is 4.39 Å². The first kappa shape index (κ1) is 22.6. The lowest BCUT2D eigenvalue weighted by Crippen LogP contribution is -1.93. The van der Waals surface area contributed by atoms with Gasteiger partial charge in [-0.25, -0.2) is 14.1 Å². The third-order valence-electron chi connectivity index (χ3n) is 4.43. The van der Waals surface area contributed by atoms with E-state index >= 15 is 0 Å². The van der Waals surface area contributed by atoms with Crippen molar-refractivity contribution in [1.82, 2.24) is 14.8 Å². The Morgan fingerprint density at radius 3 is 2.50 bits per heavy atom. The fraction of sp³-hybridized carbons (Fsp3) is 0.130. The Bertz CT molecular complexity index is 1330. The van der Waals surface area contributed by atoms with Gasteiger partial charge in [0.1, 0.15) is 11.6 Å². The van der Waals surface area contributed by atoms with Gasteiger partial charge in [0.25, 0.3) is 0 Å². The van der Waals surface area contributed by atoms with Crippen LogP contribution in [0.5, 0.6) is 5.75 Å². The molecule has 0 saturated heterocycles. The number of aromatic nitrogens is 3. The number of thiophene rings is 1. The van der Waals surface area contributed by atoms with E-state index in [0.29, 0.717) is 32.2 Å². The van der Waals surface area contributed by atoms with Crippen molar-refractivity contribution in [3.63, 3.8) is 0 Å². The second-order valence-electron chi connectivity index (χ2n) is 6.57. The summed E-state index contributed by atoms with van der Waals surface area (Å²) in [5.41, 5.74) is 0.941. The maximum Gasteiger partial charge on any atom is 0.186 e. The van der Waals surface area contributed by atoms with Crippen molar-refractivity contribution in [3.05, 3.63) is 73.8 Å². The molecule has 0 spiro atoms. The van der Waals surface area contributed by atoms with Gasteiger partial charge >= 0.3 is 0 Å². The Hall–Kier alpha value is -2.56. The van der Waals surface area contributed by atoms with Gasteiger partial charge in [-0.2, -0.15) is 5.10 Å². The number of aryl methyl sites for hydroxylation is 1. The first-order chi connectivity index (χ1) is 15.4. The highest BCUT2D eigenvalue weighted by molar-refractivity contribution is 7.17. The summed E-state index contributed by atoms with van der Waals surface area (Å²) >= 11 is 20.4. The fourth-order valence-corrected chi connectivity index (χ4v) is 4.82. The molecule has 2 heterocycles. The zero-order chi connectivity index (χ0) is 22.8. The van der Waals surface area contributed by atoms with E-state index in [1.54, 1.807) is 13.1 Å². The van der Waals surface area contributed by atoms with E-state index in [2.05, 4.69) is 21.9 Å². The van der Waals surface area contributed by atoms with Crippen molar-refractivity contribution in [2.75, 3.05) is 6.61 Å². The minimum Gasteiger partial charge on any atom is -0.494 e. The second-order valence-corrected chi connectivity index (χ2v) is 8.76. The number of ether oxygens (including phenoxy) is 1.